The first kappa shape index (κ1) is 72.5. The van der Waals surface area contributed by atoms with Crippen molar-refractivity contribution in [2.45, 2.75) is 160 Å². The summed E-state index contributed by atoms with van der Waals surface area (Å²) in [6, 6.07) is -5.94. The summed E-state index contributed by atoms with van der Waals surface area (Å²) in [5.41, 5.74) is 23.6. The van der Waals surface area contributed by atoms with Gasteiger partial charge in [-0.3, -0.25) is 48.1 Å². The average Bonchev–Trinajstić information content (AvgIpc) is 3.96. The molecule has 9 atom stereocenters. The lowest BCUT2D eigenvalue weighted by Crippen LogP contribution is -2.60. The minimum absolute atomic E-state index is 0.0189. The maximum absolute atomic E-state index is 14.2. The highest BCUT2D eigenvalue weighted by Gasteiger charge is 2.35. The number of aliphatic imine (C=N–C) groups is 1. The highest BCUT2D eigenvalue weighted by molar-refractivity contribution is 7.98. The van der Waals surface area contributed by atoms with Crippen LogP contribution in [0, 0.1) is 17.8 Å². The Morgan fingerprint density at radius 1 is 0.631 bits per heavy atom. The van der Waals surface area contributed by atoms with Gasteiger partial charge in [-0.1, -0.05) is 60.1 Å². The normalized spacial score (nSPS) is 14.4. The smallest absolute Gasteiger partial charge is 0.326 e. The molecular weight excluding hydrogens is 1110 g/mol. The predicted octanol–water partition coefficient (Wildman–Crippen LogP) is -3.02. The zero-order valence-electron chi connectivity index (χ0n) is 49.0. The molecule has 0 radical (unpaired) electrons. The number of phenolic OH excluding ortho intramolecular Hbond substituents is 1. The second kappa shape index (κ2) is 38.3. The van der Waals surface area contributed by atoms with Crippen molar-refractivity contribution >= 4 is 76.9 Å². The van der Waals surface area contributed by atoms with Crippen LogP contribution in [0.5, 0.6) is 5.75 Å². The van der Waals surface area contributed by atoms with Gasteiger partial charge >= 0.3 is 5.97 Å². The second-order valence-electron chi connectivity index (χ2n) is 21.5. The number of nitrogens with two attached hydrogens (primary N) is 4. The fourth-order valence-electron chi connectivity index (χ4n) is 8.36. The van der Waals surface area contributed by atoms with Crippen LogP contribution in [0.1, 0.15) is 104 Å². The minimum atomic E-state index is -1.59. The number of aliphatic carboxylic acids is 1. The van der Waals surface area contributed by atoms with E-state index in [1.807, 2.05) is 13.8 Å². The number of aromatic nitrogens is 2. The van der Waals surface area contributed by atoms with E-state index >= 15 is 0 Å². The molecule has 1 aromatic heterocycles. The molecule has 2 aromatic rings. The molecule has 0 aliphatic carbocycles. The molecule has 1 aromatic carbocycles. The van der Waals surface area contributed by atoms with Crippen LogP contribution in [0.4, 0.5) is 0 Å². The highest BCUT2D eigenvalue weighted by Crippen LogP contribution is 2.14. The van der Waals surface area contributed by atoms with Gasteiger partial charge in [-0.2, -0.15) is 11.8 Å². The number of amides is 9. The van der Waals surface area contributed by atoms with E-state index in [1.165, 1.54) is 48.6 Å². The standard InChI is InChI=1S/C54H90N16O13S/c1-29(2)21-38(66-45(74)35(56)11-8-9-18-55)49(78)69-42(27-71)51(80)67-39(22-30(3)4)48(77)64-36(12-10-19-60-54(57)58)47(76)70-44(31(5)6)52(81)61-26-43(73)63-40(23-32-13-15-34(72)16-14-32)50(79)65-37(17-20-84-7)46(75)68-41(53(82)83)24-33-25-59-28-62-33/h13-16,25,28-31,35-42,44,71-72H,8-12,17-24,26-27,55-56H2,1-7H3,(H,59,62)(H,61,81)(H,63,73)(H,64,77)(H,65,79)(H,66,74)(H,67,80)(H,68,75)(H,69,78)(H,70,76)(H,82,83)(H4,57,58,60)/t35-,36-,37-,38-,39-,40-,41-,42-,44-/m0/s1. The Hall–Kier alpha value is -7.57. The number of phenols is 1. The number of carboxylic acids is 1. The number of nitrogens with one attached hydrogen (secondary N) is 10. The molecule has 0 aliphatic rings. The van der Waals surface area contributed by atoms with Crippen molar-refractivity contribution < 1.29 is 63.3 Å². The molecule has 30 heteroatoms. The lowest BCUT2D eigenvalue weighted by Gasteiger charge is -2.28. The molecule has 0 bridgehead atoms. The van der Waals surface area contributed by atoms with Crippen molar-refractivity contribution in [1.29, 1.82) is 0 Å². The minimum Gasteiger partial charge on any atom is -0.508 e. The quantitative estimate of drug-likeness (QED) is 0.0179. The van der Waals surface area contributed by atoms with Gasteiger partial charge in [0, 0.05) is 31.3 Å². The molecule has 84 heavy (non-hydrogen) atoms. The summed E-state index contributed by atoms with van der Waals surface area (Å²) in [4.78, 5) is 147. The first-order chi connectivity index (χ1) is 39.7. The van der Waals surface area contributed by atoms with Crippen molar-refractivity contribution in [2.24, 2.45) is 45.7 Å². The van der Waals surface area contributed by atoms with Crippen LogP contribution in [-0.2, 0) is 60.8 Å². The fraction of sp³-hybridized carbons (Fsp3) is 0.630. The van der Waals surface area contributed by atoms with E-state index in [4.69, 9.17) is 22.9 Å². The first-order valence-electron chi connectivity index (χ1n) is 28.0. The molecular formula is C54H90N16O13S. The number of H-pyrrole nitrogens is 1. The lowest BCUT2D eigenvalue weighted by atomic mass is 10.00. The number of imidazole rings is 1. The number of aliphatic hydroxyl groups is 1. The van der Waals surface area contributed by atoms with Crippen LogP contribution in [0.15, 0.2) is 41.8 Å². The van der Waals surface area contributed by atoms with E-state index in [1.54, 1.807) is 34.0 Å². The zero-order chi connectivity index (χ0) is 63.1. The molecule has 0 saturated carbocycles. The number of thioether (sulfide) groups is 1. The van der Waals surface area contributed by atoms with Gasteiger partial charge in [0.05, 0.1) is 25.5 Å². The van der Waals surface area contributed by atoms with Crippen LogP contribution >= 0.6 is 11.8 Å². The number of hydrogen-bond acceptors (Lipinski definition) is 17. The summed E-state index contributed by atoms with van der Waals surface area (Å²) in [6.45, 7) is 9.23. The number of benzene rings is 1. The van der Waals surface area contributed by atoms with E-state index in [9.17, 15) is 63.3 Å². The molecule has 0 spiro atoms. The Balaban J connectivity index is 2.33. The average molecular weight is 1200 g/mol. The molecule has 470 valence electrons. The SMILES string of the molecule is CSCC[C@H](NC(=O)[C@H](Cc1ccc(O)cc1)NC(=O)CNC(=O)[C@@H](NC(=O)[C@H](CCCN=C(N)N)NC(=O)[C@H](CC(C)C)NC(=O)[C@H](CO)NC(=O)[C@H](CC(C)C)NC(=O)[C@@H](N)CCCCN)C(C)C)C(=O)N[C@@H](Cc1cnc[nH]1)C(=O)O. The Labute approximate surface area is 494 Å². The Morgan fingerprint density at radius 3 is 1.68 bits per heavy atom. The van der Waals surface area contributed by atoms with E-state index in [2.05, 4.69) is 62.8 Å². The maximum atomic E-state index is 14.2. The van der Waals surface area contributed by atoms with Gasteiger partial charge in [0.1, 0.15) is 54.1 Å². The van der Waals surface area contributed by atoms with Gasteiger partial charge in [-0.15, -0.1) is 0 Å². The van der Waals surface area contributed by atoms with Crippen molar-refractivity contribution in [3.63, 3.8) is 0 Å². The first-order valence-corrected chi connectivity index (χ1v) is 29.4. The predicted molar refractivity (Wildman–Crippen MR) is 315 cm³/mol. The highest BCUT2D eigenvalue weighted by atomic mass is 32.2. The van der Waals surface area contributed by atoms with Crippen molar-refractivity contribution in [2.75, 3.05) is 38.2 Å². The van der Waals surface area contributed by atoms with E-state index in [0.717, 1.165) is 0 Å². The summed E-state index contributed by atoms with van der Waals surface area (Å²) < 4.78 is 0. The molecule has 0 aliphatic heterocycles. The number of carbonyl (C=O) groups is 10. The number of aromatic amines is 1. The molecule has 0 unspecified atom stereocenters. The van der Waals surface area contributed by atoms with Crippen LogP contribution < -0.4 is 70.8 Å². The fourth-order valence-corrected chi connectivity index (χ4v) is 8.83. The number of aliphatic hydroxyl groups excluding tert-OH is 1. The molecule has 2 rings (SSSR count). The van der Waals surface area contributed by atoms with Crippen LogP contribution in [-0.4, -0.2) is 183 Å². The Bertz CT molecular complexity index is 2460. The Kier molecular flexibility index (Phi) is 33.1. The number of rotatable bonds is 40. The third-order valence-electron chi connectivity index (χ3n) is 12.9. The zero-order valence-corrected chi connectivity index (χ0v) is 49.9. The second-order valence-corrected chi connectivity index (χ2v) is 22.5. The third kappa shape index (κ3) is 27.7. The Morgan fingerprint density at radius 2 is 1.15 bits per heavy atom. The summed E-state index contributed by atoms with van der Waals surface area (Å²) >= 11 is 1.37. The summed E-state index contributed by atoms with van der Waals surface area (Å²) in [5.74, 6) is -9.55. The number of guanidine groups is 1. The van der Waals surface area contributed by atoms with Gasteiger partial charge in [0.25, 0.3) is 0 Å². The van der Waals surface area contributed by atoms with Gasteiger partial charge in [-0.25, -0.2) is 9.78 Å². The number of aromatic hydroxyl groups is 1. The molecule has 1 heterocycles. The number of nitrogens with zero attached hydrogens (tertiary/aromatic N) is 2. The summed E-state index contributed by atoms with van der Waals surface area (Å²) in [7, 11) is 0. The van der Waals surface area contributed by atoms with E-state index in [0.29, 0.717) is 42.8 Å². The number of unbranched alkanes of at least 4 members (excludes halogenated alkanes) is 1. The summed E-state index contributed by atoms with van der Waals surface area (Å²) in [6.07, 6.45) is 6.12. The number of hydrogen-bond donors (Lipinski definition) is 17. The van der Waals surface area contributed by atoms with Crippen LogP contribution in [0.3, 0.4) is 0 Å². The molecule has 21 N–H and O–H groups in total. The monoisotopic (exact) mass is 1200 g/mol. The number of carboxylic acid groups (broad SMARTS) is 1. The van der Waals surface area contributed by atoms with Crippen molar-refractivity contribution in [1.82, 2.24) is 57.8 Å². The van der Waals surface area contributed by atoms with Crippen molar-refractivity contribution in [3.8, 4) is 5.75 Å². The maximum Gasteiger partial charge on any atom is 0.326 e. The van der Waals surface area contributed by atoms with E-state index in [-0.39, 0.29) is 75.0 Å². The van der Waals surface area contributed by atoms with Crippen LogP contribution in [0.2, 0.25) is 0 Å². The van der Waals surface area contributed by atoms with E-state index < -0.39 is 133 Å². The third-order valence-corrected chi connectivity index (χ3v) is 13.6. The number of carbonyl (C=O) groups excluding carboxylic acids is 9. The lowest BCUT2D eigenvalue weighted by molar-refractivity contribution is -0.142. The van der Waals surface area contributed by atoms with Gasteiger partial charge in [0.2, 0.25) is 53.2 Å². The van der Waals surface area contributed by atoms with Gasteiger partial charge < -0.3 is 91.1 Å². The summed E-state index contributed by atoms with van der Waals surface area (Å²) in [5, 5.41) is 53.2. The van der Waals surface area contributed by atoms with Gasteiger partial charge in [-0.05, 0) is 98.9 Å². The van der Waals surface area contributed by atoms with Crippen LogP contribution in [0.25, 0.3) is 0 Å². The topological polar surface area (TPSA) is 485 Å². The molecule has 0 saturated heterocycles. The van der Waals surface area contributed by atoms with Gasteiger partial charge in [0.15, 0.2) is 5.96 Å². The molecule has 9 amide bonds. The molecule has 0 fully saturated rings. The molecule has 29 nitrogen and oxygen atoms in total. The van der Waals surface area contributed by atoms with Crippen molar-refractivity contribution in [3.05, 3.63) is 48.0 Å². The largest absolute Gasteiger partial charge is 0.508 e.